The first-order valence-electron chi connectivity index (χ1n) is 6.15. The Labute approximate surface area is 106 Å². The molecule has 0 bridgehead atoms. The number of anilines is 1. The second-order valence-electron chi connectivity index (χ2n) is 4.91. The summed E-state index contributed by atoms with van der Waals surface area (Å²) in [6.07, 6.45) is 2.37. The van der Waals surface area contributed by atoms with Crippen LogP contribution in [0.1, 0.15) is 26.0 Å². The lowest BCUT2D eigenvalue weighted by Gasteiger charge is -2.19. The van der Waals surface area contributed by atoms with E-state index >= 15 is 0 Å². The van der Waals surface area contributed by atoms with Crippen LogP contribution in [0.5, 0.6) is 0 Å². The highest BCUT2D eigenvalue weighted by atomic mass is 16.3. The van der Waals surface area contributed by atoms with E-state index in [2.05, 4.69) is 34.2 Å². The zero-order chi connectivity index (χ0) is 13.1. The molecule has 0 aromatic carbocycles. The van der Waals surface area contributed by atoms with Gasteiger partial charge in [-0.1, -0.05) is 13.8 Å². The predicted octanol–water partition coefficient (Wildman–Crippen LogP) is 1.25. The standard InChI is InChI=1S/C12H19N5O/c1-8(2)4-10(6-18)16-11-5-9(3)15-12-13-7-14-17(11)12/h5,7-8,10,16,18H,4,6H2,1-3H3. The molecule has 1 unspecified atom stereocenters. The zero-order valence-corrected chi connectivity index (χ0v) is 11.0. The van der Waals surface area contributed by atoms with Crippen molar-refractivity contribution in [2.75, 3.05) is 11.9 Å². The van der Waals surface area contributed by atoms with Gasteiger partial charge in [-0.3, -0.25) is 0 Å². The number of aliphatic hydroxyl groups excluding tert-OH is 1. The highest BCUT2D eigenvalue weighted by molar-refractivity contribution is 5.45. The molecule has 2 rings (SSSR count). The molecule has 0 saturated carbocycles. The predicted molar refractivity (Wildman–Crippen MR) is 69.5 cm³/mol. The molecule has 2 heterocycles. The molecule has 2 N–H and O–H groups in total. The maximum atomic E-state index is 9.40. The Morgan fingerprint density at radius 3 is 2.89 bits per heavy atom. The first kappa shape index (κ1) is 12.8. The largest absolute Gasteiger partial charge is 0.394 e. The molecule has 0 aliphatic heterocycles. The van der Waals surface area contributed by atoms with E-state index in [0.29, 0.717) is 11.7 Å². The van der Waals surface area contributed by atoms with Crippen LogP contribution < -0.4 is 5.32 Å². The van der Waals surface area contributed by atoms with Gasteiger partial charge in [0.1, 0.15) is 12.1 Å². The van der Waals surface area contributed by atoms with E-state index in [1.54, 1.807) is 4.52 Å². The third kappa shape index (κ3) is 2.76. The topological polar surface area (TPSA) is 75.3 Å². The van der Waals surface area contributed by atoms with E-state index in [9.17, 15) is 5.11 Å². The van der Waals surface area contributed by atoms with Crippen LogP contribution in [-0.4, -0.2) is 37.3 Å². The van der Waals surface area contributed by atoms with Crippen LogP contribution in [0.25, 0.3) is 5.78 Å². The smallest absolute Gasteiger partial charge is 0.254 e. The van der Waals surface area contributed by atoms with E-state index < -0.39 is 0 Å². The summed E-state index contributed by atoms with van der Waals surface area (Å²) >= 11 is 0. The number of aryl methyl sites for hydroxylation is 1. The van der Waals surface area contributed by atoms with Crippen molar-refractivity contribution in [1.29, 1.82) is 0 Å². The van der Waals surface area contributed by atoms with Gasteiger partial charge in [0, 0.05) is 11.8 Å². The SMILES string of the molecule is Cc1cc(NC(CO)CC(C)C)n2ncnc2n1. The minimum atomic E-state index is 0.0131. The fraction of sp³-hybridized carbons (Fsp3) is 0.583. The van der Waals surface area contributed by atoms with Crippen molar-refractivity contribution in [3.8, 4) is 0 Å². The summed E-state index contributed by atoms with van der Waals surface area (Å²) < 4.78 is 1.65. The van der Waals surface area contributed by atoms with E-state index in [1.165, 1.54) is 6.33 Å². The zero-order valence-electron chi connectivity index (χ0n) is 11.0. The number of rotatable bonds is 5. The lowest BCUT2D eigenvalue weighted by molar-refractivity contribution is 0.259. The van der Waals surface area contributed by atoms with E-state index in [1.807, 2.05) is 13.0 Å². The highest BCUT2D eigenvalue weighted by Gasteiger charge is 2.12. The van der Waals surface area contributed by atoms with Crippen LogP contribution in [0.2, 0.25) is 0 Å². The van der Waals surface area contributed by atoms with E-state index in [0.717, 1.165) is 17.9 Å². The second kappa shape index (κ2) is 5.30. The molecule has 0 saturated heterocycles. The van der Waals surface area contributed by atoms with Gasteiger partial charge in [-0.25, -0.2) is 4.98 Å². The van der Waals surface area contributed by atoms with Crippen molar-refractivity contribution in [1.82, 2.24) is 19.6 Å². The molecular weight excluding hydrogens is 230 g/mol. The average Bonchev–Trinajstić information content (AvgIpc) is 2.75. The number of fused-ring (bicyclic) bond motifs is 1. The van der Waals surface area contributed by atoms with Gasteiger partial charge < -0.3 is 10.4 Å². The number of hydrogen-bond donors (Lipinski definition) is 2. The van der Waals surface area contributed by atoms with Gasteiger partial charge in [-0.15, -0.1) is 0 Å². The maximum Gasteiger partial charge on any atom is 0.254 e. The molecule has 0 spiro atoms. The van der Waals surface area contributed by atoms with Crippen LogP contribution in [0, 0.1) is 12.8 Å². The minimum Gasteiger partial charge on any atom is -0.394 e. The van der Waals surface area contributed by atoms with Crippen molar-refractivity contribution in [3.05, 3.63) is 18.1 Å². The molecule has 18 heavy (non-hydrogen) atoms. The minimum absolute atomic E-state index is 0.0131. The van der Waals surface area contributed by atoms with Gasteiger partial charge in [-0.2, -0.15) is 14.6 Å². The molecule has 0 fully saturated rings. The van der Waals surface area contributed by atoms with Gasteiger partial charge in [0.25, 0.3) is 5.78 Å². The lowest BCUT2D eigenvalue weighted by Crippen LogP contribution is -2.27. The molecule has 6 nitrogen and oxygen atoms in total. The van der Waals surface area contributed by atoms with Gasteiger partial charge in [0.2, 0.25) is 0 Å². The fourth-order valence-corrected chi connectivity index (χ4v) is 1.99. The van der Waals surface area contributed by atoms with Crippen molar-refractivity contribution < 1.29 is 5.11 Å². The summed E-state index contributed by atoms with van der Waals surface area (Å²) in [5, 5.41) is 16.8. The summed E-state index contributed by atoms with van der Waals surface area (Å²) in [5.74, 6) is 1.90. The van der Waals surface area contributed by atoms with Crippen molar-refractivity contribution in [2.45, 2.75) is 33.2 Å². The molecular formula is C12H19N5O. The van der Waals surface area contributed by atoms with Gasteiger partial charge in [-0.05, 0) is 19.3 Å². The van der Waals surface area contributed by atoms with Gasteiger partial charge in [0.15, 0.2) is 0 Å². The summed E-state index contributed by atoms with van der Waals surface area (Å²) in [6.45, 7) is 6.27. The molecule has 1 atom stereocenters. The molecule has 0 aliphatic carbocycles. The molecule has 0 radical (unpaired) electrons. The summed E-state index contributed by atoms with van der Waals surface area (Å²) in [5.41, 5.74) is 0.874. The first-order chi connectivity index (χ1) is 8.60. The molecule has 0 amide bonds. The molecule has 6 heteroatoms. The van der Waals surface area contributed by atoms with Crippen LogP contribution in [0.15, 0.2) is 12.4 Å². The number of nitrogens with one attached hydrogen (secondary N) is 1. The quantitative estimate of drug-likeness (QED) is 0.834. The van der Waals surface area contributed by atoms with E-state index in [4.69, 9.17) is 0 Å². The number of nitrogens with zero attached hydrogens (tertiary/aromatic N) is 4. The Bertz CT molecular complexity index is 522. The second-order valence-corrected chi connectivity index (χ2v) is 4.91. The van der Waals surface area contributed by atoms with Crippen molar-refractivity contribution in [2.24, 2.45) is 5.92 Å². The Balaban J connectivity index is 2.26. The van der Waals surface area contributed by atoms with Gasteiger partial charge in [0.05, 0.1) is 12.6 Å². The molecule has 98 valence electrons. The van der Waals surface area contributed by atoms with Crippen LogP contribution in [0.3, 0.4) is 0 Å². The average molecular weight is 249 g/mol. The molecule has 2 aromatic rings. The van der Waals surface area contributed by atoms with E-state index in [-0.39, 0.29) is 12.6 Å². The molecule has 0 aliphatic rings. The molecule has 2 aromatic heterocycles. The Morgan fingerprint density at radius 1 is 1.44 bits per heavy atom. The summed E-state index contributed by atoms with van der Waals surface area (Å²) in [6, 6.07) is 1.92. The monoisotopic (exact) mass is 249 g/mol. The lowest BCUT2D eigenvalue weighted by atomic mass is 10.0. The normalized spacial score (nSPS) is 13.2. The maximum absolute atomic E-state index is 9.40. The van der Waals surface area contributed by atoms with Crippen molar-refractivity contribution in [3.63, 3.8) is 0 Å². The van der Waals surface area contributed by atoms with Crippen LogP contribution >= 0.6 is 0 Å². The van der Waals surface area contributed by atoms with Crippen LogP contribution in [0.4, 0.5) is 5.82 Å². The van der Waals surface area contributed by atoms with Crippen LogP contribution in [-0.2, 0) is 0 Å². The Kier molecular flexibility index (Phi) is 3.76. The first-order valence-corrected chi connectivity index (χ1v) is 6.15. The third-order valence-corrected chi connectivity index (χ3v) is 2.71. The number of hydrogen-bond acceptors (Lipinski definition) is 5. The summed E-state index contributed by atoms with van der Waals surface area (Å²) in [7, 11) is 0. The summed E-state index contributed by atoms with van der Waals surface area (Å²) in [4.78, 5) is 8.35. The Morgan fingerprint density at radius 2 is 2.22 bits per heavy atom. The van der Waals surface area contributed by atoms with Gasteiger partial charge >= 0.3 is 0 Å². The third-order valence-electron chi connectivity index (χ3n) is 2.71. The fourth-order valence-electron chi connectivity index (χ4n) is 1.99. The highest BCUT2D eigenvalue weighted by Crippen LogP contribution is 2.14. The number of aliphatic hydroxyl groups is 1. The number of aromatic nitrogens is 4. The Hall–Kier alpha value is -1.69. The van der Waals surface area contributed by atoms with Crippen molar-refractivity contribution >= 4 is 11.6 Å².